The third-order valence-corrected chi connectivity index (χ3v) is 4.31. The highest BCUT2D eigenvalue weighted by Gasteiger charge is 2.40. The number of rotatable bonds is 2. The molecule has 2 rings (SSSR count). The van der Waals surface area contributed by atoms with E-state index < -0.39 is 11.6 Å². The first-order valence-electron chi connectivity index (χ1n) is 6.78. The minimum atomic E-state index is -1.10. The normalized spacial score (nSPS) is 28.3. The molecule has 19 heavy (non-hydrogen) atoms. The first-order chi connectivity index (χ1) is 8.72. The summed E-state index contributed by atoms with van der Waals surface area (Å²) in [5, 5.41) is 19.5. The van der Waals surface area contributed by atoms with Crippen LogP contribution in [0.3, 0.4) is 0 Å². The molecular weight excluding hydrogens is 244 g/mol. The van der Waals surface area contributed by atoms with Crippen LogP contribution in [0.2, 0.25) is 0 Å². The first-order valence-corrected chi connectivity index (χ1v) is 6.78. The van der Waals surface area contributed by atoms with Gasteiger partial charge in [-0.2, -0.15) is 0 Å². The second kappa shape index (κ2) is 4.67. The van der Waals surface area contributed by atoms with Crippen LogP contribution < -0.4 is 0 Å². The smallest absolute Gasteiger partial charge is 0.371 e. The van der Waals surface area contributed by atoms with Crippen molar-refractivity contribution in [3.63, 3.8) is 0 Å². The Morgan fingerprint density at radius 2 is 1.89 bits per heavy atom. The van der Waals surface area contributed by atoms with Crippen molar-refractivity contribution < 1.29 is 19.4 Å². The van der Waals surface area contributed by atoms with Crippen LogP contribution in [-0.2, 0) is 5.60 Å². The Morgan fingerprint density at radius 1 is 1.32 bits per heavy atom. The van der Waals surface area contributed by atoms with Crippen LogP contribution in [0.15, 0.2) is 16.5 Å². The third kappa shape index (κ3) is 2.84. The van der Waals surface area contributed by atoms with Crippen molar-refractivity contribution >= 4 is 5.97 Å². The van der Waals surface area contributed by atoms with Gasteiger partial charge in [-0.05, 0) is 49.1 Å². The molecule has 0 unspecified atom stereocenters. The summed E-state index contributed by atoms with van der Waals surface area (Å²) in [5.41, 5.74) is -0.758. The lowest BCUT2D eigenvalue weighted by Gasteiger charge is -2.40. The predicted molar refractivity (Wildman–Crippen MR) is 71.0 cm³/mol. The molecule has 0 spiro atoms. The molecule has 1 aliphatic rings. The summed E-state index contributed by atoms with van der Waals surface area (Å²) in [6.07, 6.45) is 3.12. The van der Waals surface area contributed by atoms with E-state index in [-0.39, 0.29) is 11.2 Å². The van der Waals surface area contributed by atoms with Gasteiger partial charge in [-0.25, -0.2) is 4.79 Å². The molecule has 2 N–H and O–H groups in total. The molecule has 106 valence electrons. The zero-order valence-corrected chi connectivity index (χ0v) is 11.8. The van der Waals surface area contributed by atoms with Crippen molar-refractivity contribution in [1.29, 1.82) is 0 Å². The van der Waals surface area contributed by atoms with Crippen LogP contribution in [0.1, 0.15) is 62.8 Å². The van der Waals surface area contributed by atoms with Gasteiger partial charge in [-0.3, -0.25) is 0 Å². The highest BCUT2D eigenvalue weighted by molar-refractivity contribution is 5.84. The summed E-state index contributed by atoms with van der Waals surface area (Å²) in [6.45, 7) is 6.66. The average Bonchev–Trinajstić information content (AvgIpc) is 2.78. The molecule has 4 heteroatoms. The first kappa shape index (κ1) is 14.1. The zero-order valence-electron chi connectivity index (χ0n) is 11.8. The van der Waals surface area contributed by atoms with Crippen LogP contribution in [-0.4, -0.2) is 16.2 Å². The fourth-order valence-electron chi connectivity index (χ4n) is 2.91. The van der Waals surface area contributed by atoms with E-state index in [1.165, 1.54) is 6.07 Å². The maximum absolute atomic E-state index is 10.8. The average molecular weight is 266 g/mol. The highest BCUT2D eigenvalue weighted by Crippen LogP contribution is 2.45. The van der Waals surface area contributed by atoms with Gasteiger partial charge in [0.05, 0.1) is 0 Å². The molecule has 0 aliphatic heterocycles. The molecule has 0 atom stereocenters. The van der Waals surface area contributed by atoms with Crippen LogP contribution in [0.25, 0.3) is 0 Å². The van der Waals surface area contributed by atoms with Crippen molar-refractivity contribution in [2.75, 3.05) is 0 Å². The molecule has 1 saturated carbocycles. The summed E-state index contributed by atoms with van der Waals surface area (Å²) >= 11 is 0. The van der Waals surface area contributed by atoms with Crippen molar-refractivity contribution in [2.24, 2.45) is 11.3 Å². The van der Waals surface area contributed by atoms with E-state index in [4.69, 9.17) is 9.52 Å². The molecule has 1 heterocycles. The lowest BCUT2D eigenvalue weighted by molar-refractivity contribution is -0.0459. The Kier molecular flexibility index (Phi) is 3.47. The lowest BCUT2D eigenvalue weighted by atomic mass is 9.68. The SMILES string of the molecule is CC(C)(C)C1CCC(O)(c2ccc(C(=O)O)o2)CC1. The van der Waals surface area contributed by atoms with E-state index >= 15 is 0 Å². The number of hydrogen-bond donors (Lipinski definition) is 2. The van der Waals surface area contributed by atoms with Crippen molar-refractivity contribution in [1.82, 2.24) is 0 Å². The summed E-state index contributed by atoms with van der Waals surface area (Å²) in [6, 6.07) is 2.99. The Hall–Kier alpha value is -1.29. The molecule has 0 saturated heterocycles. The van der Waals surface area contributed by atoms with E-state index in [1.54, 1.807) is 6.07 Å². The van der Waals surface area contributed by atoms with E-state index in [0.29, 0.717) is 24.5 Å². The Labute approximate surface area is 113 Å². The summed E-state index contributed by atoms with van der Waals surface area (Å²) in [5.74, 6) is -0.237. The van der Waals surface area contributed by atoms with Crippen molar-refractivity contribution in [2.45, 2.75) is 52.1 Å². The van der Waals surface area contributed by atoms with Crippen LogP contribution >= 0.6 is 0 Å². The van der Waals surface area contributed by atoms with Gasteiger partial charge in [0.25, 0.3) is 0 Å². The third-order valence-electron chi connectivity index (χ3n) is 4.31. The number of hydrogen-bond acceptors (Lipinski definition) is 3. The Morgan fingerprint density at radius 3 is 2.32 bits per heavy atom. The predicted octanol–water partition coefficient (Wildman–Crippen LogP) is 3.40. The van der Waals surface area contributed by atoms with E-state index in [2.05, 4.69) is 20.8 Å². The number of furan rings is 1. The van der Waals surface area contributed by atoms with Gasteiger partial charge in [-0.1, -0.05) is 20.8 Å². The molecule has 0 aromatic carbocycles. The van der Waals surface area contributed by atoms with E-state index in [1.807, 2.05) is 0 Å². The van der Waals surface area contributed by atoms with E-state index in [9.17, 15) is 9.90 Å². The molecule has 0 bridgehead atoms. The second-order valence-electron chi connectivity index (χ2n) is 6.64. The van der Waals surface area contributed by atoms with Gasteiger partial charge >= 0.3 is 5.97 Å². The number of carbonyl (C=O) groups is 1. The quantitative estimate of drug-likeness (QED) is 0.860. The van der Waals surface area contributed by atoms with Gasteiger partial charge < -0.3 is 14.6 Å². The van der Waals surface area contributed by atoms with Crippen molar-refractivity contribution in [3.8, 4) is 0 Å². The molecule has 0 radical (unpaired) electrons. The van der Waals surface area contributed by atoms with Crippen molar-refractivity contribution in [3.05, 3.63) is 23.7 Å². The molecule has 1 aromatic heterocycles. The minimum Gasteiger partial charge on any atom is -0.475 e. The summed E-state index contributed by atoms with van der Waals surface area (Å²) in [7, 11) is 0. The Balaban J connectivity index is 2.11. The minimum absolute atomic E-state index is 0.110. The molecular formula is C15H22O4. The molecule has 4 nitrogen and oxygen atoms in total. The Bertz CT molecular complexity index is 459. The van der Waals surface area contributed by atoms with E-state index in [0.717, 1.165) is 12.8 Å². The fourth-order valence-corrected chi connectivity index (χ4v) is 2.91. The number of aliphatic hydroxyl groups is 1. The van der Waals surface area contributed by atoms with Gasteiger partial charge in [0.15, 0.2) is 0 Å². The lowest BCUT2D eigenvalue weighted by Crippen LogP contribution is -2.35. The molecule has 1 aliphatic carbocycles. The van der Waals surface area contributed by atoms with Gasteiger partial charge in [0.2, 0.25) is 5.76 Å². The van der Waals surface area contributed by atoms with Crippen LogP contribution in [0.5, 0.6) is 0 Å². The maximum atomic E-state index is 10.8. The molecule has 1 fully saturated rings. The standard InChI is InChI=1S/C15H22O4/c1-14(2,3)10-6-8-15(18,9-7-10)12-5-4-11(19-12)13(16)17/h4-5,10,18H,6-9H2,1-3H3,(H,16,17). The number of carboxylic acid groups (broad SMARTS) is 1. The van der Waals surface area contributed by atoms with Crippen LogP contribution in [0, 0.1) is 11.3 Å². The molecule has 0 amide bonds. The van der Waals surface area contributed by atoms with Gasteiger partial charge in [0.1, 0.15) is 11.4 Å². The maximum Gasteiger partial charge on any atom is 0.371 e. The zero-order chi connectivity index (χ0) is 14.3. The number of aromatic carboxylic acids is 1. The van der Waals surface area contributed by atoms with Gasteiger partial charge in [0, 0.05) is 0 Å². The summed E-state index contributed by atoms with van der Waals surface area (Å²) in [4.78, 5) is 10.8. The highest BCUT2D eigenvalue weighted by atomic mass is 16.4. The fraction of sp³-hybridized carbons (Fsp3) is 0.667. The van der Waals surface area contributed by atoms with Gasteiger partial charge in [-0.15, -0.1) is 0 Å². The summed E-state index contributed by atoms with van der Waals surface area (Å²) < 4.78 is 5.26. The van der Waals surface area contributed by atoms with Crippen LogP contribution in [0.4, 0.5) is 0 Å². The molecule has 1 aromatic rings. The number of carboxylic acids is 1. The topological polar surface area (TPSA) is 70.7 Å². The largest absolute Gasteiger partial charge is 0.475 e. The second-order valence-corrected chi connectivity index (χ2v) is 6.64. The monoisotopic (exact) mass is 266 g/mol.